The predicted molar refractivity (Wildman–Crippen MR) is 123 cm³/mol. The van der Waals surface area contributed by atoms with Gasteiger partial charge in [-0.25, -0.2) is 13.1 Å². The molecular weight excluding hydrogens is 432 g/mol. The number of carbonyl (C=O) groups excluding carboxylic acids is 1. The van der Waals surface area contributed by atoms with Crippen LogP contribution in [0.1, 0.15) is 20.8 Å². The molecule has 31 heavy (non-hydrogen) atoms. The van der Waals surface area contributed by atoms with Gasteiger partial charge in [0.1, 0.15) is 12.4 Å². The van der Waals surface area contributed by atoms with Gasteiger partial charge in [0.15, 0.2) is 0 Å². The van der Waals surface area contributed by atoms with Gasteiger partial charge in [-0.2, -0.15) is 0 Å². The van der Waals surface area contributed by atoms with Crippen molar-refractivity contribution in [1.82, 2.24) is 9.62 Å². The van der Waals surface area contributed by atoms with Gasteiger partial charge < -0.3 is 9.64 Å². The molecule has 0 fully saturated rings. The van der Waals surface area contributed by atoms with Crippen molar-refractivity contribution in [2.24, 2.45) is 0 Å². The fourth-order valence-corrected chi connectivity index (χ4v) is 4.66. The minimum Gasteiger partial charge on any atom is -0.490 e. The van der Waals surface area contributed by atoms with Crippen LogP contribution in [0.15, 0.2) is 83.6 Å². The summed E-state index contributed by atoms with van der Waals surface area (Å²) in [5, 5.41) is 1.89. The highest BCUT2D eigenvalue weighted by molar-refractivity contribution is 7.89. The molecule has 8 heteroatoms. The lowest BCUT2D eigenvalue weighted by Gasteiger charge is -2.18. The van der Waals surface area contributed by atoms with E-state index < -0.39 is 10.0 Å². The Balaban J connectivity index is 1.66. The highest BCUT2D eigenvalue weighted by atomic mass is 32.2. The van der Waals surface area contributed by atoms with E-state index in [1.165, 1.54) is 23.5 Å². The molecular formula is C23H24N2O4S2. The molecule has 0 aliphatic heterocycles. The fraction of sp³-hybridized carbons (Fsp3) is 0.174. The molecule has 1 N–H and O–H groups in total. The number of benzene rings is 2. The van der Waals surface area contributed by atoms with Gasteiger partial charge in [-0.05, 0) is 47.3 Å². The molecule has 0 bridgehead atoms. The number of hydrogen-bond donors (Lipinski definition) is 1. The molecule has 3 aromatic rings. The normalized spacial score (nSPS) is 11.1. The number of sulfonamides is 1. The molecule has 0 aliphatic rings. The lowest BCUT2D eigenvalue weighted by molar-refractivity contribution is 0.0785. The Labute approximate surface area is 186 Å². The van der Waals surface area contributed by atoms with Gasteiger partial charge >= 0.3 is 0 Å². The van der Waals surface area contributed by atoms with Crippen molar-refractivity contribution in [1.29, 1.82) is 0 Å². The number of carbonyl (C=O) groups is 1. The molecule has 1 aromatic heterocycles. The Kier molecular flexibility index (Phi) is 7.62. The van der Waals surface area contributed by atoms with Crippen LogP contribution < -0.4 is 9.46 Å². The standard InChI is InChI=1S/C23H24N2O4S2/c1-3-13-29-20-11-9-18(10-12-20)17-25(2)23(26)19-6-4-8-22(15-19)31(27,28)24-16-21-7-5-14-30-21/h3-12,14-15,24H,1,13,16-17H2,2H3. The van der Waals surface area contributed by atoms with Gasteiger partial charge in [-0.1, -0.05) is 36.9 Å². The van der Waals surface area contributed by atoms with Crippen LogP contribution in [0.3, 0.4) is 0 Å². The molecule has 0 unspecified atom stereocenters. The lowest BCUT2D eigenvalue weighted by atomic mass is 10.1. The number of nitrogens with one attached hydrogen (secondary N) is 1. The monoisotopic (exact) mass is 456 g/mol. The van der Waals surface area contributed by atoms with Crippen molar-refractivity contribution in [2.75, 3.05) is 13.7 Å². The third-order valence-corrected chi connectivity index (χ3v) is 6.74. The van der Waals surface area contributed by atoms with Gasteiger partial charge in [-0.3, -0.25) is 4.79 Å². The molecule has 1 amide bonds. The summed E-state index contributed by atoms with van der Waals surface area (Å²) >= 11 is 1.48. The van der Waals surface area contributed by atoms with Gasteiger partial charge in [-0.15, -0.1) is 11.3 Å². The number of hydrogen-bond acceptors (Lipinski definition) is 5. The highest BCUT2D eigenvalue weighted by Gasteiger charge is 2.18. The molecule has 0 radical (unpaired) electrons. The molecule has 3 rings (SSSR count). The second kappa shape index (κ2) is 10.4. The topological polar surface area (TPSA) is 75.7 Å². The van der Waals surface area contributed by atoms with E-state index >= 15 is 0 Å². The zero-order valence-corrected chi connectivity index (χ0v) is 18.8. The summed E-state index contributed by atoms with van der Waals surface area (Å²) in [5.41, 5.74) is 1.25. The van der Waals surface area contributed by atoms with Gasteiger partial charge in [0.05, 0.1) is 4.90 Å². The second-order valence-corrected chi connectivity index (χ2v) is 9.64. The molecule has 162 valence electrons. The van der Waals surface area contributed by atoms with Crippen molar-refractivity contribution in [3.05, 3.63) is 94.7 Å². The van der Waals surface area contributed by atoms with Crippen LogP contribution in [0.4, 0.5) is 0 Å². The van der Waals surface area contributed by atoms with Crippen LogP contribution in [0, 0.1) is 0 Å². The van der Waals surface area contributed by atoms with Crippen molar-refractivity contribution >= 4 is 27.3 Å². The van der Waals surface area contributed by atoms with E-state index in [-0.39, 0.29) is 17.3 Å². The maximum absolute atomic E-state index is 12.9. The van der Waals surface area contributed by atoms with Crippen molar-refractivity contribution < 1.29 is 17.9 Å². The number of rotatable bonds is 10. The maximum atomic E-state index is 12.9. The van der Waals surface area contributed by atoms with E-state index in [4.69, 9.17) is 4.74 Å². The molecule has 1 heterocycles. The van der Waals surface area contributed by atoms with Crippen molar-refractivity contribution in [3.63, 3.8) is 0 Å². The molecule has 2 aromatic carbocycles. The minimum atomic E-state index is -3.72. The molecule has 0 spiro atoms. The molecule has 0 saturated heterocycles. The summed E-state index contributed by atoms with van der Waals surface area (Å²) in [6, 6.07) is 17.3. The van der Waals surface area contributed by atoms with Crippen LogP contribution in [-0.4, -0.2) is 32.9 Å². The minimum absolute atomic E-state index is 0.0621. The van der Waals surface area contributed by atoms with E-state index in [2.05, 4.69) is 11.3 Å². The Morgan fingerprint density at radius 2 is 1.94 bits per heavy atom. The van der Waals surface area contributed by atoms with Gasteiger partial charge in [0.2, 0.25) is 10.0 Å². The number of ether oxygens (including phenoxy) is 1. The molecule has 0 saturated carbocycles. The predicted octanol–water partition coefficient (Wildman–Crippen LogP) is 4.06. The summed E-state index contributed by atoms with van der Waals surface area (Å²) < 4.78 is 33.3. The molecule has 6 nitrogen and oxygen atoms in total. The number of amides is 1. The van der Waals surface area contributed by atoms with E-state index in [0.717, 1.165) is 16.2 Å². The average Bonchev–Trinajstić information content (AvgIpc) is 3.31. The van der Waals surface area contributed by atoms with E-state index in [1.54, 1.807) is 30.2 Å². The SMILES string of the molecule is C=CCOc1ccc(CN(C)C(=O)c2cccc(S(=O)(=O)NCc3cccs3)c2)cc1. The third kappa shape index (κ3) is 6.27. The zero-order chi connectivity index (χ0) is 22.3. The smallest absolute Gasteiger partial charge is 0.253 e. The van der Waals surface area contributed by atoms with E-state index in [9.17, 15) is 13.2 Å². The number of thiophene rings is 1. The molecule has 0 atom stereocenters. The van der Waals surface area contributed by atoms with Crippen LogP contribution >= 0.6 is 11.3 Å². The summed E-state index contributed by atoms with van der Waals surface area (Å²) in [6.45, 7) is 4.64. The summed E-state index contributed by atoms with van der Waals surface area (Å²) in [7, 11) is -2.04. The zero-order valence-electron chi connectivity index (χ0n) is 17.2. The first kappa shape index (κ1) is 22.7. The fourth-order valence-electron chi connectivity index (χ4n) is 2.87. The summed E-state index contributed by atoms with van der Waals surface area (Å²) in [6.07, 6.45) is 1.67. The number of nitrogens with zero attached hydrogens (tertiary/aromatic N) is 1. The molecule has 0 aliphatic carbocycles. The first-order valence-corrected chi connectivity index (χ1v) is 12.0. The highest BCUT2D eigenvalue weighted by Crippen LogP contribution is 2.17. The Morgan fingerprint density at radius 3 is 2.61 bits per heavy atom. The average molecular weight is 457 g/mol. The Bertz CT molecular complexity index is 1120. The maximum Gasteiger partial charge on any atom is 0.253 e. The first-order valence-electron chi connectivity index (χ1n) is 9.59. The summed E-state index contributed by atoms with van der Waals surface area (Å²) in [5.74, 6) is 0.466. The van der Waals surface area contributed by atoms with Crippen LogP contribution in [0.25, 0.3) is 0 Å². The first-order chi connectivity index (χ1) is 14.9. The van der Waals surface area contributed by atoms with E-state index in [1.807, 2.05) is 41.8 Å². The second-order valence-electron chi connectivity index (χ2n) is 6.84. The van der Waals surface area contributed by atoms with Crippen LogP contribution in [0.2, 0.25) is 0 Å². The Hall–Kier alpha value is -2.94. The quantitative estimate of drug-likeness (QED) is 0.467. The van der Waals surface area contributed by atoms with Crippen LogP contribution in [-0.2, 0) is 23.1 Å². The van der Waals surface area contributed by atoms with E-state index in [0.29, 0.717) is 18.7 Å². The van der Waals surface area contributed by atoms with Gasteiger partial charge in [0, 0.05) is 30.6 Å². The summed E-state index contributed by atoms with van der Waals surface area (Å²) in [4.78, 5) is 15.4. The van der Waals surface area contributed by atoms with Crippen LogP contribution in [0.5, 0.6) is 5.75 Å². The lowest BCUT2D eigenvalue weighted by Crippen LogP contribution is -2.27. The van der Waals surface area contributed by atoms with Crippen molar-refractivity contribution in [2.45, 2.75) is 18.0 Å². The van der Waals surface area contributed by atoms with Gasteiger partial charge in [0.25, 0.3) is 5.91 Å². The Morgan fingerprint density at radius 1 is 1.16 bits per heavy atom. The largest absolute Gasteiger partial charge is 0.490 e. The van der Waals surface area contributed by atoms with Crippen molar-refractivity contribution in [3.8, 4) is 5.75 Å². The third-order valence-electron chi connectivity index (χ3n) is 4.47.